The van der Waals surface area contributed by atoms with Crippen molar-refractivity contribution in [3.63, 3.8) is 0 Å². The Morgan fingerprint density at radius 2 is 1.54 bits per heavy atom. The van der Waals surface area contributed by atoms with Gasteiger partial charge >= 0.3 is 0 Å². The number of ketones is 2. The predicted octanol–water partition coefficient (Wildman–Crippen LogP) is 6.01. The van der Waals surface area contributed by atoms with E-state index < -0.39 is 0 Å². The first-order valence-electron chi connectivity index (χ1n) is 11.8. The van der Waals surface area contributed by atoms with Crippen LogP contribution in [0, 0.1) is 0 Å². The van der Waals surface area contributed by atoms with Gasteiger partial charge in [-0.25, -0.2) is 4.99 Å². The molecule has 1 aliphatic carbocycles. The summed E-state index contributed by atoms with van der Waals surface area (Å²) >= 11 is 2.86. The van der Waals surface area contributed by atoms with Gasteiger partial charge in [-0.15, -0.1) is 6.58 Å². The zero-order chi connectivity index (χ0) is 25.7. The van der Waals surface area contributed by atoms with Gasteiger partial charge in [0.05, 0.1) is 16.9 Å². The molecule has 1 amide bonds. The number of carbonyl (C=O) groups is 3. The average Bonchev–Trinajstić information content (AvgIpc) is 3.44. The van der Waals surface area contributed by atoms with Gasteiger partial charge in [0.15, 0.2) is 16.7 Å². The number of hydrogen-bond donors (Lipinski definition) is 0. The van der Waals surface area contributed by atoms with E-state index in [0.29, 0.717) is 39.0 Å². The Labute approximate surface area is 222 Å². The second kappa shape index (κ2) is 9.21. The zero-order valence-corrected chi connectivity index (χ0v) is 21.6. The molecular formula is C29H21N3O3S2. The van der Waals surface area contributed by atoms with Crippen molar-refractivity contribution in [1.82, 2.24) is 4.90 Å². The van der Waals surface area contributed by atoms with Crippen molar-refractivity contribution in [2.24, 2.45) is 4.99 Å². The number of fused-ring (bicyclic) bond motifs is 3. The monoisotopic (exact) mass is 523 g/mol. The molecule has 6 rings (SSSR count). The quantitative estimate of drug-likeness (QED) is 0.241. The maximum Gasteiger partial charge on any atom is 0.269 e. The molecule has 2 heterocycles. The lowest BCUT2D eigenvalue weighted by Crippen LogP contribution is -2.30. The van der Waals surface area contributed by atoms with Crippen molar-refractivity contribution < 1.29 is 14.4 Å². The van der Waals surface area contributed by atoms with Crippen LogP contribution in [0.4, 0.5) is 11.4 Å². The Kier molecular flexibility index (Phi) is 5.85. The third kappa shape index (κ3) is 3.67. The smallest absolute Gasteiger partial charge is 0.269 e. The number of nitrogens with zero attached hydrogens (tertiary/aromatic N) is 3. The fourth-order valence-electron chi connectivity index (χ4n) is 4.75. The van der Waals surface area contributed by atoms with Gasteiger partial charge in [0.25, 0.3) is 5.91 Å². The molecule has 0 saturated carbocycles. The molecule has 3 aromatic rings. The van der Waals surface area contributed by atoms with E-state index >= 15 is 0 Å². The summed E-state index contributed by atoms with van der Waals surface area (Å²) in [5.41, 5.74) is 2.80. The van der Waals surface area contributed by atoms with Gasteiger partial charge in [-0.3, -0.25) is 19.3 Å². The van der Waals surface area contributed by atoms with Crippen LogP contribution in [0.3, 0.4) is 0 Å². The van der Waals surface area contributed by atoms with E-state index in [1.807, 2.05) is 18.2 Å². The van der Waals surface area contributed by atoms with Crippen LogP contribution in [0.15, 0.2) is 99.2 Å². The molecule has 1 saturated heterocycles. The molecule has 182 valence electrons. The molecule has 0 bridgehead atoms. The first kappa shape index (κ1) is 23.5. The Balaban J connectivity index is 1.46. The molecule has 0 aromatic heterocycles. The summed E-state index contributed by atoms with van der Waals surface area (Å²) in [6.45, 7) is 6.86. The van der Waals surface area contributed by atoms with E-state index in [4.69, 9.17) is 4.99 Å². The van der Waals surface area contributed by atoms with Crippen molar-refractivity contribution in [2.75, 3.05) is 18.0 Å². The number of carbonyl (C=O) groups excluding carboxylic acids is 3. The van der Waals surface area contributed by atoms with Gasteiger partial charge in [-0.2, -0.15) is 0 Å². The standard InChI is InChI=1S/C29H21N3O3S2/c1-3-16-32-27(35)26(28-31(4-2)21-14-7-8-15-22(21)36-28)37-29(32)30-20-13-9-12-19-23(20)25(34)18-11-6-5-10-17(18)24(19)33/h3,5-15H,1,4,16H2,2H3. The van der Waals surface area contributed by atoms with E-state index in [1.165, 1.54) is 11.8 Å². The lowest BCUT2D eigenvalue weighted by molar-refractivity contribution is -0.121. The Morgan fingerprint density at radius 3 is 2.30 bits per heavy atom. The van der Waals surface area contributed by atoms with Crippen LogP contribution >= 0.6 is 23.5 Å². The van der Waals surface area contributed by atoms with Gasteiger partial charge in [-0.1, -0.05) is 66.4 Å². The molecule has 37 heavy (non-hydrogen) atoms. The van der Waals surface area contributed by atoms with Crippen LogP contribution in [-0.4, -0.2) is 40.6 Å². The Morgan fingerprint density at radius 1 is 0.838 bits per heavy atom. The fourth-order valence-corrected chi connectivity index (χ4v) is 7.14. The van der Waals surface area contributed by atoms with Gasteiger partial charge in [0.1, 0.15) is 9.93 Å². The van der Waals surface area contributed by atoms with Crippen LogP contribution in [0.1, 0.15) is 38.8 Å². The number of thioether (sulfide) groups is 2. The summed E-state index contributed by atoms with van der Waals surface area (Å²) < 4.78 is 0. The molecule has 3 aliphatic rings. The number of hydrogen-bond acceptors (Lipinski definition) is 7. The summed E-state index contributed by atoms with van der Waals surface area (Å²) in [4.78, 5) is 50.4. The van der Waals surface area contributed by atoms with Crippen LogP contribution in [0.5, 0.6) is 0 Å². The summed E-state index contributed by atoms with van der Waals surface area (Å²) in [7, 11) is 0. The topological polar surface area (TPSA) is 70.1 Å². The van der Waals surface area contributed by atoms with Crippen LogP contribution in [0.25, 0.3) is 0 Å². The van der Waals surface area contributed by atoms with E-state index in [1.54, 1.807) is 65.2 Å². The summed E-state index contributed by atoms with van der Waals surface area (Å²) in [6.07, 6.45) is 1.65. The second-order valence-corrected chi connectivity index (χ2v) is 10.6. The van der Waals surface area contributed by atoms with Crippen molar-refractivity contribution in [2.45, 2.75) is 11.8 Å². The molecule has 0 unspecified atom stereocenters. The third-order valence-electron chi connectivity index (χ3n) is 6.44. The highest BCUT2D eigenvalue weighted by atomic mass is 32.2. The van der Waals surface area contributed by atoms with Gasteiger partial charge in [-0.05, 0) is 36.9 Å². The summed E-state index contributed by atoms with van der Waals surface area (Å²) in [6, 6.07) is 20.0. The Hall–Kier alpha value is -3.88. The maximum absolute atomic E-state index is 13.6. The first-order chi connectivity index (χ1) is 18.0. The van der Waals surface area contributed by atoms with E-state index in [0.717, 1.165) is 15.6 Å². The molecule has 1 fully saturated rings. The average molecular weight is 524 g/mol. The molecule has 6 nitrogen and oxygen atoms in total. The van der Waals surface area contributed by atoms with Gasteiger partial charge in [0, 0.05) is 34.7 Å². The molecule has 0 atom stereocenters. The fraction of sp³-hybridized carbons (Fsp3) is 0.103. The van der Waals surface area contributed by atoms with Gasteiger partial charge < -0.3 is 4.90 Å². The predicted molar refractivity (Wildman–Crippen MR) is 149 cm³/mol. The summed E-state index contributed by atoms with van der Waals surface area (Å²) in [5.74, 6) is -0.603. The van der Waals surface area contributed by atoms with Crippen LogP contribution in [-0.2, 0) is 4.79 Å². The second-order valence-electron chi connectivity index (χ2n) is 8.55. The lowest BCUT2D eigenvalue weighted by Gasteiger charge is -2.19. The molecule has 3 aromatic carbocycles. The Bertz CT molecular complexity index is 1590. The van der Waals surface area contributed by atoms with Gasteiger partial charge in [0.2, 0.25) is 0 Å². The molecular weight excluding hydrogens is 502 g/mol. The SMILES string of the molecule is C=CCN1C(=O)C(=C2Sc3ccccc3N2CC)SC1=Nc1cccc2c1C(=O)c1ccccc1C2=O. The largest absolute Gasteiger partial charge is 0.334 e. The van der Waals surface area contributed by atoms with Crippen molar-refractivity contribution in [3.05, 3.63) is 112 Å². The number of amidine groups is 1. The first-order valence-corrected chi connectivity index (χ1v) is 13.5. The van der Waals surface area contributed by atoms with E-state index in [9.17, 15) is 14.4 Å². The number of amides is 1. The number of aliphatic imine (C=N–C) groups is 1. The van der Waals surface area contributed by atoms with Crippen molar-refractivity contribution >= 4 is 57.5 Å². The van der Waals surface area contributed by atoms with Crippen molar-refractivity contribution in [3.8, 4) is 0 Å². The highest BCUT2D eigenvalue weighted by Gasteiger charge is 2.40. The minimum Gasteiger partial charge on any atom is -0.334 e. The highest BCUT2D eigenvalue weighted by molar-refractivity contribution is 8.19. The number of rotatable bonds is 4. The van der Waals surface area contributed by atoms with E-state index in [2.05, 4.69) is 24.5 Å². The van der Waals surface area contributed by atoms with Crippen molar-refractivity contribution in [1.29, 1.82) is 0 Å². The number of benzene rings is 3. The normalized spacial score (nSPS) is 19.4. The van der Waals surface area contributed by atoms with E-state index in [-0.39, 0.29) is 29.6 Å². The molecule has 0 N–H and O–H groups in total. The molecule has 0 spiro atoms. The number of para-hydroxylation sites is 1. The molecule has 0 radical (unpaired) electrons. The zero-order valence-electron chi connectivity index (χ0n) is 19.9. The third-order valence-corrected chi connectivity index (χ3v) is 8.82. The minimum absolute atomic E-state index is 0.157. The molecule has 2 aliphatic heterocycles. The van der Waals surface area contributed by atoms with Crippen LogP contribution in [0.2, 0.25) is 0 Å². The minimum atomic E-state index is -0.243. The highest BCUT2D eigenvalue weighted by Crippen LogP contribution is 2.50. The lowest BCUT2D eigenvalue weighted by atomic mass is 9.83. The number of anilines is 1. The van der Waals surface area contributed by atoms with Crippen LogP contribution < -0.4 is 4.90 Å². The summed E-state index contributed by atoms with van der Waals surface area (Å²) in [5, 5.41) is 1.32. The maximum atomic E-state index is 13.6. The molecule has 8 heteroatoms.